The standard InChI is InChI=1S/C9H10FNO3/c1-14-9(13)4-7(12)6-2-3-8(10)11-5-6/h2-3,5,7,12H,4H2,1H3/t7-/m1/s1. The molecule has 14 heavy (non-hydrogen) atoms. The van der Waals surface area contributed by atoms with E-state index >= 15 is 0 Å². The molecule has 0 aliphatic heterocycles. The third-order valence-electron chi connectivity index (χ3n) is 1.72. The molecule has 0 bridgehead atoms. The minimum Gasteiger partial charge on any atom is -0.469 e. The Morgan fingerprint density at radius 3 is 2.93 bits per heavy atom. The highest BCUT2D eigenvalue weighted by Gasteiger charge is 2.13. The molecule has 0 amide bonds. The van der Waals surface area contributed by atoms with E-state index in [9.17, 15) is 14.3 Å². The largest absolute Gasteiger partial charge is 0.469 e. The van der Waals surface area contributed by atoms with Crippen LogP contribution in [0.15, 0.2) is 18.3 Å². The molecule has 0 unspecified atom stereocenters. The van der Waals surface area contributed by atoms with Crippen LogP contribution in [0.5, 0.6) is 0 Å². The summed E-state index contributed by atoms with van der Waals surface area (Å²) in [6, 6.07) is 2.49. The number of hydrogen-bond acceptors (Lipinski definition) is 4. The number of carbonyl (C=O) groups excluding carboxylic acids is 1. The molecule has 0 aromatic carbocycles. The Morgan fingerprint density at radius 2 is 2.43 bits per heavy atom. The number of methoxy groups -OCH3 is 1. The molecule has 0 aliphatic carbocycles. The number of hydrogen-bond donors (Lipinski definition) is 1. The summed E-state index contributed by atoms with van der Waals surface area (Å²) in [6.45, 7) is 0. The maximum Gasteiger partial charge on any atom is 0.308 e. The zero-order valence-electron chi connectivity index (χ0n) is 7.61. The summed E-state index contributed by atoms with van der Waals surface area (Å²) in [5, 5.41) is 9.45. The zero-order chi connectivity index (χ0) is 10.6. The minimum atomic E-state index is -1.00. The lowest BCUT2D eigenvalue weighted by atomic mass is 10.1. The SMILES string of the molecule is COC(=O)C[C@@H](O)c1ccc(F)nc1. The fraction of sp³-hybridized carbons (Fsp3) is 0.333. The summed E-state index contributed by atoms with van der Waals surface area (Å²) in [4.78, 5) is 14.1. The zero-order valence-corrected chi connectivity index (χ0v) is 7.61. The van der Waals surface area contributed by atoms with Gasteiger partial charge in [0.15, 0.2) is 0 Å². The Morgan fingerprint density at radius 1 is 1.71 bits per heavy atom. The Kier molecular flexibility index (Phi) is 3.53. The first-order chi connectivity index (χ1) is 6.63. The molecule has 1 rings (SSSR count). The van der Waals surface area contributed by atoms with E-state index in [1.54, 1.807) is 0 Å². The van der Waals surface area contributed by atoms with Gasteiger partial charge in [0.1, 0.15) is 0 Å². The van der Waals surface area contributed by atoms with E-state index in [2.05, 4.69) is 9.72 Å². The van der Waals surface area contributed by atoms with Crippen molar-refractivity contribution in [2.24, 2.45) is 0 Å². The number of nitrogens with zero attached hydrogens (tertiary/aromatic N) is 1. The van der Waals surface area contributed by atoms with E-state index in [1.807, 2.05) is 0 Å². The Hall–Kier alpha value is -1.49. The van der Waals surface area contributed by atoms with Crippen LogP contribution in [-0.2, 0) is 9.53 Å². The van der Waals surface area contributed by atoms with E-state index in [1.165, 1.54) is 19.4 Å². The van der Waals surface area contributed by atoms with Gasteiger partial charge in [-0.1, -0.05) is 6.07 Å². The number of ether oxygens (including phenoxy) is 1. The first kappa shape index (κ1) is 10.6. The maximum atomic E-state index is 12.4. The number of halogens is 1. The van der Waals surface area contributed by atoms with Crippen molar-refractivity contribution in [3.8, 4) is 0 Å². The molecule has 1 atom stereocenters. The van der Waals surface area contributed by atoms with Crippen molar-refractivity contribution < 1.29 is 19.0 Å². The average Bonchev–Trinajstić information content (AvgIpc) is 2.18. The number of esters is 1. The molecular formula is C9H10FNO3. The molecule has 0 saturated carbocycles. The van der Waals surface area contributed by atoms with Gasteiger partial charge in [0.05, 0.1) is 19.6 Å². The minimum absolute atomic E-state index is 0.163. The number of aliphatic hydroxyl groups is 1. The van der Waals surface area contributed by atoms with Crippen LogP contribution in [0, 0.1) is 5.95 Å². The van der Waals surface area contributed by atoms with Crippen LogP contribution in [0.4, 0.5) is 4.39 Å². The highest BCUT2D eigenvalue weighted by atomic mass is 19.1. The van der Waals surface area contributed by atoms with Gasteiger partial charge in [-0.15, -0.1) is 0 Å². The lowest BCUT2D eigenvalue weighted by Gasteiger charge is -2.08. The van der Waals surface area contributed by atoms with E-state index < -0.39 is 18.0 Å². The van der Waals surface area contributed by atoms with Gasteiger partial charge in [0, 0.05) is 6.20 Å². The van der Waals surface area contributed by atoms with Gasteiger partial charge in [-0.25, -0.2) is 4.98 Å². The Labute approximate surface area is 80.3 Å². The summed E-state index contributed by atoms with van der Waals surface area (Å²) in [5.74, 6) is -1.15. The Balaban J connectivity index is 2.65. The molecule has 1 N–H and O–H groups in total. The number of aliphatic hydroxyl groups excluding tert-OH is 1. The van der Waals surface area contributed by atoms with Crippen LogP contribution >= 0.6 is 0 Å². The fourth-order valence-corrected chi connectivity index (χ4v) is 0.943. The van der Waals surface area contributed by atoms with Gasteiger partial charge in [-0.2, -0.15) is 4.39 Å². The summed E-state index contributed by atoms with van der Waals surface area (Å²) in [5.41, 5.74) is 0.386. The highest BCUT2D eigenvalue weighted by molar-refractivity contribution is 5.69. The van der Waals surface area contributed by atoms with Crippen molar-refractivity contribution in [1.82, 2.24) is 4.98 Å². The Bertz CT molecular complexity index is 312. The number of rotatable bonds is 3. The van der Waals surface area contributed by atoms with E-state index in [4.69, 9.17) is 0 Å². The quantitative estimate of drug-likeness (QED) is 0.578. The summed E-state index contributed by atoms with van der Waals surface area (Å²) in [7, 11) is 1.23. The number of pyridine rings is 1. The van der Waals surface area contributed by atoms with Gasteiger partial charge in [-0.3, -0.25) is 4.79 Å². The van der Waals surface area contributed by atoms with Gasteiger partial charge in [0.2, 0.25) is 5.95 Å². The summed E-state index contributed by atoms with van der Waals surface area (Å²) >= 11 is 0. The predicted molar refractivity (Wildman–Crippen MR) is 45.8 cm³/mol. The normalized spacial score (nSPS) is 12.2. The van der Waals surface area contributed by atoms with Crippen molar-refractivity contribution in [3.63, 3.8) is 0 Å². The molecule has 0 fully saturated rings. The second-order valence-corrected chi connectivity index (χ2v) is 2.71. The predicted octanol–water partition coefficient (Wildman–Crippen LogP) is 0.817. The highest BCUT2D eigenvalue weighted by Crippen LogP contribution is 2.15. The topological polar surface area (TPSA) is 59.4 Å². The first-order valence-electron chi connectivity index (χ1n) is 4.00. The second kappa shape index (κ2) is 4.66. The maximum absolute atomic E-state index is 12.4. The molecule has 0 radical (unpaired) electrons. The molecule has 1 aromatic heterocycles. The lowest BCUT2D eigenvalue weighted by Crippen LogP contribution is -2.08. The summed E-state index contributed by atoms with van der Waals surface area (Å²) in [6.07, 6.45) is 0.0165. The van der Waals surface area contributed by atoms with Crippen molar-refractivity contribution in [2.75, 3.05) is 7.11 Å². The summed E-state index contributed by atoms with van der Waals surface area (Å²) < 4.78 is 16.8. The second-order valence-electron chi connectivity index (χ2n) is 2.71. The average molecular weight is 199 g/mol. The van der Waals surface area contributed by atoms with Gasteiger partial charge >= 0.3 is 5.97 Å². The molecule has 4 nitrogen and oxygen atoms in total. The van der Waals surface area contributed by atoms with Gasteiger partial charge in [-0.05, 0) is 11.6 Å². The van der Waals surface area contributed by atoms with Crippen molar-refractivity contribution in [2.45, 2.75) is 12.5 Å². The van der Waals surface area contributed by atoms with Crippen molar-refractivity contribution >= 4 is 5.97 Å². The number of carbonyl (C=O) groups is 1. The van der Waals surface area contributed by atoms with E-state index in [0.29, 0.717) is 5.56 Å². The number of aromatic nitrogens is 1. The molecule has 0 aliphatic rings. The van der Waals surface area contributed by atoms with Gasteiger partial charge < -0.3 is 9.84 Å². The van der Waals surface area contributed by atoms with Crippen LogP contribution < -0.4 is 0 Å². The molecule has 0 spiro atoms. The first-order valence-corrected chi connectivity index (χ1v) is 4.00. The molecule has 5 heteroatoms. The van der Waals surface area contributed by atoms with Crippen LogP contribution in [0.2, 0.25) is 0 Å². The van der Waals surface area contributed by atoms with Crippen LogP contribution in [0.25, 0.3) is 0 Å². The fourth-order valence-electron chi connectivity index (χ4n) is 0.943. The van der Waals surface area contributed by atoms with Crippen LogP contribution in [0.1, 0.15) is 18.1 Å². The van der Waals surface area contributed by atoms with Crippen molar-refractivity contribution in [3.05, 3.63) is 29.8 Å². The van der Waals surface area contributed by atoms with Crippen LogP contribution in [-0.4, -0.2) is 23.2 Å². The smallest absolute Gasteiger partial charge is 0.308 e. The molecular weight excluding hydrogens is 189 g/mol. The van der Waals surface area contributed by atoms with Crippen LogP contribution in [0.3, 0.4) is 0 Å². The van der Waals surface area contributed by atoms with Crippen molar-refractivity contribution in [1.29, 1.82) is 0 Å². The van der Waals surface area contributed by atoms with E-state index in [-0.39, 0.29) is 6.42 Å². The molecule has 1 heterocycles. The monoisotopic (exact) mass is 199 g/mol. The molecule has 0 saturated heterocycles. The third kappa shape index (κ3) is 2.77. The molecule has 1 aromatic rings. The van der Waals surface area contributed by atoms with E-state index in [0.717, 1.165) is 6.07 Å². The molecule has 76 valence electrons. The third-order valence-corrected chi connectivity index (χ3v) is 1.72. The van der Waals surface area contributed by atoms with Gasteiger partial charge in [0.25, 0.3) is 0 Å². The lowest BCUT2D eigenvalue weighted by molar-refractivity contribution is -0.142.